The standard InChI is InChI=1S/C5H9BF3O/c7-6(8,9)5-1-3-10-4-2-5/h5H,1-4H2/q-1. The van der Waals surface area contributed by atoms with Crippen molar-refractivity contribution in [1.29, 1.82) is 0 Å². The molecule has 1 aliphatic rings. The number of ether oxygens (including phenoxy) is 1. The van der Waals surface area contributed by atoms with E-state index < -0.39 is 12.8 Å². The molecule has 0 radical (unpaired) electrons. The highest BCUT2D eigenvalue weighted by atomic mass is 19.4. The lowest BCUT2D eigenvalue weighted by molar-refractivity contribution is 0.0892. The maximum Gasteiger partial charge on any atom is 0.481 e. The topological polar surface area (TPSA) is 9.23 Å². The first kappa shape index (κ1) is 7.92. The van der Waals surface area contributed by atoms with Crippen LogP contribution in [0.1, 0.15) is 12.8 Å². The fourth-order valence-electron chi connectivity index (χ4n) is 1.09. The second-order valence-corrected chi connectivity index (χ2v) is 2.58. The van der Waals surface area contributed by atoms with Crippen LogP contribution >= 0.6 is 0 Å². The Bertz CT molecular complexity index is 108. The number of halogens is 3. The second-order valence-electron chi connectivity index (χ2n) is 2.58. The third-order valence-electron chi connectivity index (χ3n) is 1.80. The van der Waals surface area contributed by atoms with Crippen LogP contribution in [0.2, 0.25) is 5.82 Å². The Morgan fingerprint density at radius 1 is 1.10 bits per heavy atom. The third-order valence-corrected chi connectivity index (χ3v) is 1.80. The van der Waals surface area contributed by atoms with Crippen LogP contribution in [0, 0.1) is 0 Å². The molecule has 1 saturated heterocycles. The van der Waals surface area contributed by atoms with E-state index in [1.807, 2.05) is 0 Å². The summed E-state index contributed by atoms with van der Waals surface area (Å²) in [6, 6.07) is 0. The van der Waals surface area contributed by atoms with Crippen molar-refractivity contribution in [3.63, 3.8) is 0 Å². The van der Waals surface area contributed by atoms with Gasteiger partial charge in [-0.3, -0.25) is 0 Å². The highest BCUT2D eigenvalue weighted by Crippen LogP contribution is 2.34. The molecule has 1 fully saturated rings. The van der Waals surface area contributed by atoms with Crippen molar-refractivity contribution < 1.29 is 17.7 Å². The zero-order chi connectivity index (χ0) is 7.61. The average Bonchev–Trinajstić information content (AvgIpc) is 1.88. The molecule has 0 aromatic heterocycles. The molecule has 0 N–H and O–H groups in total. The molecule has 0 saturated carbocycles. The lowest BCUT2D eigenvalue weighted by atomic mass is 9.68. The van der Waals surface area contributed by atoms with E-state index in [1.54, 1.807) is 0 Å². The number of hydrogen-bond acceptors (Lipinski definition) is 1. The van der Waals surface area contributed by atoms with Crippen molar-refractivity contribution >= 4 is 6.98 Å². The van der Waals surface area contributed by atoms with Crippen LogP contribution in [0.25, 0.3) is 0 Å². The van der Waals surface area contributed by atoms with Gasteiger partial charge in [0.05, 0.1) is 0 Å². The van der Waals surface area contributed by atoms with Gasteiger partial charge in [0.2, 0.25) is 0 Å². The van der Waals surface area contributed by atoms with E-state index in [2.05, 4.69) is 0 Å². The van der Waals surface area contributed by atoms with E-state index in [9.17, 15) is 12.9 Å². The minimum atomic E-state index is -4.61. The molecule has 0 amide bonds. The first-order valence-corrected chi connectivity index (χ1v) is 3.38. The Morgan fingerprint density at radius 3 is 1.90 bits per heavy atom. The summed E-state index contributed by atoms with van der Waals surface area (Å²) in [5, 5.41) is 0. The van der Waals surface area contributed by atoms with E-state index >= 15 is 0 Å². The molecule has 0 aromatic rings. The Kier molecular flexibility index (Phi) is 2.23. The van der Waals surface area contributed by atoms with Crippen molar-refractivity contribution in [2.24, 2.45) is 0 Å². The van der Waals surface area contributed by atoms with Gasteiger partial charge in [0.15, 0.2) is 0 Å². The molecule has 1 rings (SSSR count). The molecule has 1 heterocycles. The maximum atomic E-state index is 11.9. The Balaban J connectivity index is 2.39. The Morgan fingerprint density at radius 2 is 1.60 bits per heavy atom. The van der Waals surface area contributed by atoms with Gasteiger partial charge in [0.25, 0.3) is 0 Å². The normalized spacial score (nSPS) is 23.1. The van der Waals surface area contributed by atoms with E-state index in [0.717, 1.165) is 0 Å². The van der Waals surface area contributed by atoms with Crippen molar-refractivity contribution in [2.75, 3.05) is 13.2 Å². The van der Waals surface area contributed by atoms with Crippen molar-refractivity contribution in [3.05, 3.63) is 0 Å². The molecule has 60 valence electrons. The summed E-state index contributed by atoms with van der Waals surface area (Å²) < 4.78 is 40.6. The van der Waals surface area contributed by atoms with Gasteiger partial charge in [-0.15, -0.1) is 0 Å². The van der Waals surface area contributed by atoms with Crippen LogP contribution in [-0.2, 0) is 4.74 Å². The van der Waals surface area contributed by atoms with Gasteiger partial charge in [-0.1, -0.05) is 18.7 Å². The SMILES string of the molecule is F[B-](F)(F)C1CCOCC1. The Hall–Kier alpha value is -0.185. The van der Waals surface area contributed by atoms with Gasteiger partial charge < -0.3 is 17.7 Å². The molecular formula is C5H9BF3O-. The van der Waals surface area contributed by atoms with E-state index in [-0.39, 0.29) is 26.1 Å². The van der Waals surface area contributed by atoms with Gasteiger partial charge >= 0.3 is 6.98 Å². The summed E-state index contributed by atoms with van der Waals surface area (Å²) in [6.07, 6.45) is 0.312. The molecule has 10 heavy (non-hydrogen) atoms. The summed E-state index contributed by atoms with van der Waals surface area (Å²) in [4.78, 5) is 0. The molecule has 1 aliphatic heterocycles. The minimum Gasteiger partial charge on any atom is -0.449 e. The van der Waals surface area contributed by atoms with Crippen LogP contribution in [-0.4, -0.2) is 20.2 Å². The van der Waals surface area contributed by atoms with Gasteiger partial charge in [-0.05, 0) is 0 Å². The molecule has 0 aliphatic carbocycles. The summed E-state index contributed by atoms with van der Waals surface area (Å²) >= 11 is 0. The fraction of sp³-hybridized carbons (Fsp3) is 1.00. The predicted molar refractivity (Wildman–Crippen MR) is 32.9 cm³/mol. The fourth-order valence-corrected chi connectivity index (χ4v) is 1.09. The average molecular weight is 153 g/mol. The van der Waals surface area contributed by atoms with Crippen molar-refractivity contribution in [1.82, 2.24) is 0 Å². The highest BCUT2D eigenvalue weighted by Gasteiger charge is 2.35. The lowest BCUT2D eigenvalue weighted by Gasteiger charge is -2.29. The molecule has 0 aromatic carbocycles. The first-order chi connectivity index (χ1) is 4.61. The van der Waals surface area contributed by atoms with Crippen LogP contribution in [0.3, 0.4) is 0 Å². The van der Waals surface area contributed by atoms with Gasteiger partial charge in [0.1, 0.15) is 0 Å². The number of hydrogen-bond donors (Lipinski definition) is 0. The molecule has 0 bridgehead atoms. The van der Waals surface area contributed by atoms with E-state index in [4.69, 9.17) is 4.74 Å². The summed E-state index contributed by atoms with van der Waals surface area (Å²) in [6.45, 7) is -4.07. The molecule has 0 unspecified atom stereocenters. The van der Waals surface area contributed by atoms with Crippen LogP contribution in [0.4, 0.5) is 12.9 Å². The van der Waals surface area contributed by atoms with E-state index in [1.165, 1.54) is 0 Å². The molecule has 1 nitrogen and oxygen atoms in total. The van der Waals surface area contributed by atoms with Crippen molar-refractivity contribution in [2.45, 2.75) is 18.7 Å². The smallest absolute Gasteiger partial charge is 0.449 e. The lowest BCUT2D eigenvalue weighted by Crippen LogP contribution is -2.29. The zero-order valence-corrected chi connectivity index (χ0v) is 5.53. The summed E-state index contributed by atoms with van der Waals surface area (Å²) in [5.41, 5.74) is 0. The highest BCUT2D eigenvalue weighted by molar-refractivity contribution is 6.60. The second kappa shape index (κ2) is 2.82. The molecule has 0 atom stereocenters. The Labute approximate surface area is 57.6 Å². The largest absolute Gasteiger partial charge is 0.481 e. The minimum absolute atomic E-state index is 0.156. The summed E-state index contributed by atoms with van der Waals surface area (Å²) in [7, 11) is 0. The maximum absolute atomic E-state index is 11.9. The van der Waals surface area contributed by atoms with Crippen LogP contribution < -0.4 is 0 Å². The molecular weight excluding hydrogens is 144 g/mol. The van der Waals surface area contributed by atoms with Gasteiger partial charge in [-0.2, -0.15) is 0 Å². The van der Waals surface area contributed by atoms with Crippen LogP contribution in [0.15, 0.2) is 0 Å². The van der Waals surface area contributed by atoms with Crippen LogP contribution in [0.5, 0.6) is 0 Å². The number of rotatable bonds is 1. The third kappa shape index (κ3) is 1.90. The monoisotopic (exact) mass is 153 g/mol. The van der Waals surface area contributed by atoms with Gasteiger partial charge in [-0.25, -0.2) is 0 Å². The molecule has 5 heteroatoms. The van der Waals surface area contributed by atoms with E-state index in [0.29, 0.717) is 0 Å². The zero-order valence-electron chi connectivity index (χ0n) is 5.53. The van der Waals surface area contributed by atoms with Crippen molar-refractivity contribution in [3.8, 4) is 0 Å². The quantitative estimate of drug-likeness (QED) is 0.523. The summed E-state index contributed by atoms with van der Waals surface area (Å²) in [5.74, 6) is -1.06. The van der Waals surface area contributed by atoms with Gasteiger partial charge in [0, 0.05) is 13.2 Å². The predicted octanol–water partition coefficient (Wildman–Crippen LogP) is 2.01. The molecule has 0 spiro atoms. The first-order valence-electron chi connectivity index (χ1n) is 3.38.